The third-order valence-corrected chi connectivity index (χ3v) is 4.43. The van der Waals surface area contributed by atoms with E-state index in [4.69, 9.17) is 19.9 Å². The maximum atomic E-state index is 6.01. The summed E-state index contributed by atoms with van der Waals surface area (Å²) in [6.07, 6.45) is 2.26. The predicted octanol–water partition coefficient (Wildman–Crippen LogP) is 2.14. The third kappa shape index (κ3) is 3.15. The average Bonchev–Trinajstić information content (AvgIpc) is 2.47. The fourth-order valence-corrected chi connectivity index (χ4v) is 3.29. The Labute approximate surface area is 126 Å². The Balaban J connectivity index is 1.80. The molecule has 2 N–H and O–H groups in total. The van der Waals surface area contributed by atoms with Crippen molar-refractivity contribution in [3.05, 3.63) is 23.3 Å². The van der Waals surface area contributed by atoms with Crippen LogP contribution in [0.15, 0.2) is 12.1 Å². The van der Waals surface area contributed by atoms with Crippen LogP contribution in [0.25, 0.3) is 0 Å². The summed E-state index contributed by atoms with van der Waals surface area (Å²) in [5, 5.41) is 0. The molecule has 5 heteroatoms. The van der Waals surface area contributed by atoms with E-state index in [0.717, 1.165) is 55.0 Å². The molecule has 116 valence electrons. The van der Waals surface area contributed by atoms with Crippen molar-refractivity contribution in [2.45, 2.75) is 38.5 Å². The molecule has 0 aliphatic carbocycles. The van der Waals surface area contributed by atoms with Gasteiger partial charge in [0.1, 0.15) is 5.75 Å². The molecule has 1 saturated heterocycles. The van der Waals surface area contributed by atoms with Gasteiger partial charge in [0.05, 0.1) is 12.2 Å². The molecule has 1 aromatic carbocycles. The molecule has 0 amide bonds. The largest absolute Gasteiger partial charge is 0.467 e. The zero-order valence-electron chi connectivity index (χ0n) is 12.9. The van der Waals surface area contributed by atoms with Crippen molar-refractivity contribution in [3.63, 3.8) is 0 Å². The Morgan fingerprint density at radius 2 is 2.29 bits per heavy atom. The van der Waals surface area contributed by atoms with E-state index in [0.29, 0.717) is 13.4 Å². The van der Waals surface area contributed by atoms with Gasteiger partial charge in [0, 0.05) is 37.0 Å². The topological polar surface area (TPSA) is 57.0 Å². The third-order valence-electron chi connectivity index (χ3n) is 4.43. The molecule has 21 heavy (non-hydrogen) atoms. The van der Waals surface area contributed by atoms with E-state index in [1.165, 1.54) is 0 Å². The first kappa shape index (κ1) is 14.6. The van der Waals surface area contributed by atoms with E-state index in [9.17, 15) is 0 Å². The molecule has 2 aliphatic heterocycles. The number of methoxy groups -OCH3 is 1. The van der Waals surface area contributed by atoms with Gasteiger partial charge in [0.25, 0.3) is 0 Å². The van der Waals surface area contributed by atoms with Gasteiger partial charge < -0.3 is 19.9 Å². The van der Waals surface area contributed by atoms with Gasteiger partial charge in [0.15, 0.2) is 6.79 Å². The number of likely N-dealkylation sites (tertiary alicyclic amines) is 1. The Kier molecular flexibility index (Phi) is 4.06. The Hall–Kier alpha value is -1.30. The number of benzene rings is 1. The molecule has 5 nitrogen and oxygen atoms in total. The summed E-state index contributed by atoms with van der Waals surface area (Å²) in [4.78, 5) is 2.42. The van der Waals surface area contributed by atoms with Gasteiger partial charge in [-0.15, -0.1) is 0 Å². The first-order valence-corrected chi connectivity index (χ1v) is 7.49. The molecule has 0 radical (unpaired) electrons. The molecule has 1 fully saturated rings. The molecular weight excluding hydrogens is 268 g/mol. The molecule has 1 atom stereocenters. The van der Waals surface area contributed by atoms with Crippen molar-refractivity contribution in [2.75, 3.05) is 32.7 Å². The Morgan fingerprint density at radius 1 is 1.43 bits per heavy atom. The van der Waals surface area contributed by atoms with Crippen molar-refractivity contribution >= 4 is 5.69 Å². The number of nitrogens with two attached hydrogens (primary N) is 1. The summed E-state index contributed by atoms with van der Waals surface area (Å²) < 4.78 is 16.7. The van der Waals surface area contributed by atoms with Crippen LogP contribution in [0, 0.1) is 0 Å². The van der Waals surface area contributed by atoms with Gasteiger partial charge in [-0.2, -0.15) is 0 Å². The molecule has 0 spiro atoms. The van der Waals surface area contributed by atoms with Gasteiger partial charge in [-0.1, -0.05) is 0 Å². The van der Waals surface area contributed by atoms with Crippen LogP contribution in [-0.2, 0) is 22.6 Å². The summed E-state index contributed by atoms with van der Waals surface area (Å²) in [7, 11) is 1.80. The lowest BCUT2D eigenvalue weighted by Crippen LogP contribution is -2.46. The lowest BCUT2D eigenvalue weighted by molar-refractivity contribution is -0.0535. The Bertz CT molecular complexity index is 520. The minimum Gasteiger partial charge on any atom is -0.467 e. The van der Waals surface area contributed by atoms with E-state index in [1.54, 1.807) is 7.11 Å². The van der Waals surface area contributed by atoms with Gasteiger partial charge >= 0.3 is 0 Å². The lowest BCUT2D eigenvalue weighted by Gasteiger charge is -2.39. The maximum absolute atomic E-state index is 6.01. The molecule has 1 unspecified atom stereocenters. The number of hydrogen-bond acceptors (Lipinski definition) is 5. The van der Waals surface area contributed by atoms with Crippen LogP contribution >= 0.6 is 0 Å². The molecule has 0 saturated carbocycles. The molecular formula is C16H24N2O3. The van der Waals surface area contributed by atoms with Crippen molar-refractivity contribution in [1.82, 2.24) is 4.90 Å². The molecule has 0 aromatic heterocycles. The van der Waals surface area contributed by atoms with Crippen molar-refractivity contribution in [2.24, 2.45) is 0 Å². The normalized spacial score (nSPS) is 26.2. The summed E-state index contributed by atoms with van der Waals surface area (Å²) in [6, 6.07) is 3.95. The first-order chi connectivity index (χ1) is 10.1. The number of nitrogens with zero attached hydrogens (tertiary/aromatic N) is 1. The van der Waals surface area contributed by atoms with Gasteiger partial charge in [0.2, 0.25) is 0 Å². The smallest absolute Gasteiger partial charge is 0.189 e. The summed E-state index contributed by atoms with van der Waals surface area (Å²) in [5.74, 6) is 0.945. The van der Waals surface area contributed by atoms with Gasteiger partial charge in [-0.25, -0.2) is 0 Å². The SMILES string of the molecule is COC1(C)CCCN(Cc2cc(N)cc3c2OCOC3)C1. The van der Waals surface area contributed by atoms with Crippen LogP contribution in [0.5, 0.6) is 5.75 Å². The van der Waals surface area contributed by atoms with E-state index >= 15 is 0 Å². The highest BCUT2D eigenvalue weighted by atomic mass is 16.7. The number of fused-ring (bicyclic) bond motifs is 1. The summed E-state index contributed by atoms with van der Waals surface area (Å²) in [6.45, 7) is 5.93. The monoisotopic (exact) mass is 292 g/mol. The second kappa shape index (κ2) is 5.83. The van der Waals surface area contributed by atoms with Crippen LogP contribution < -0.4 is 10.5 Å². The zero-order chi connectivity index (χ0) is 14.9. The second-order valence-electron chi connectivity index (χ2n) is 6.25. The number of ether oxygens (including phenoxy) is 3. The highest BCUT2D eigenvalue weighted by molar-refractivity contribution is 5.53. The standard InChI is InChI=1S/C16H24N2O3/c1-16(19-2)4-3-5-18(10-16)8-12-6-14(17)7-13-9-20-11-21-15(12)13/h6-7H,3-5,8-11,17H2,1-2H3. The molecule has 0 bridgehead atoms. The fourth-order valence-electron chi connectivity index (χ4n) is 3.29. The van der Waals surface area contributed by atoms with Crippen molar-refractivity contribution in [1.29, 1.82) is 0 Å². The molecule has 1 aromatic rings. The summed E-state index contributed by atoms with van der Waals surface area (Å²) in [5.41, 5.74) is 8.92. The number of rotatable bonds is 3. The van der Waals surface area contributed by atoms with Crippen LogP contribution in [0.1, 0.15) is 30.9 Å². The highest BCUT2D eigenvalue weighted by Gasteiger charge is 2.31. The first-order valence-electron chi connectivity index (χ1n) is 7.49. The number of nitrogen functional groups attached to an aromatic ring is 1. The number of anilines is 1. The molecule has 2 heterocycles. The lowest BCUT2D eigenvalue weighted by atomic mass is 9.94. The minimum atomic E-state index is -0.0530. The number of piperidine rings is 1. The van der Waals surface area contributed by atoms with Crippen molar-refractivity contribution in [3.8, 4) is 5.75 Å². The van der Waals surface area contributed by atoms with Gasteiger partial charge in [-0.3, -0.25) is 4.90 Å². The zero-order valence-corrected chi connectivity index (χ0v) is 12.9. The maximum Gasteiger partial charge on any atom is 0.189 e. The van der Waals surface area contributed by atoms with Crippen LogP contribution in [0.3, 0.4) is 0 Å². The van der Waals surface area contributed by atoms with E-state index in [2.05, 4.69) is 11.8 Å². The van der Waals surface area contributed by atoms with E-state index < -0.39 is 0 Å². The highest BCUT2D eigenvalue weighted by Crippen LogP contribution is 2.33. The van der Waals surface area contributed by atoms with Gasteiger partial charge in [-0.05, 0) is 38.4 Å². The average molecular weight is 292 g/mol. The number of hydrogen-bond donors (Lipinski definition) is 1. The van der Waals surface area contributed by atoms with E-state index in [-0.39, 0.29) is 5.60 Å². The van der Waals surface area contributed by atoms with E-state index in [1.807, 2.05) is 12.1 Å². The predicted molar refractivity (Wildman–Crippen MR) is 81.1 cm³/mol. The Morgan fingerprint density at radius 3 is 3.10 bits per heavy atom. The van der Waals surface area contributed by atoms with Crippen LogP contribution in [0.4, 0.5) is 5.69 Å². The van der Waals surface area contributed by atoms with Crippen LogP contribution in [-0.4, -0.2) is 37.5 Å². The molecule has 3 rings (SSSR count). The summed E-state index contributed by atoms with van der Waals surface area (Å²) >= 11 is 0. The fraction of sp³-hybridized carbons (Fsp3) is 0.625. The molecule has 2 aliphatic rings. The van der Waals surface area contributed by atoms with Crippen LogP contribution in [0.2, 0.25) is 0 Å². The quantitative estimate of drug-likeness (QED) is 0.865. The minimum absolute atomic E-state index is 0.0530. The second-order valence-corrected chi connectivity index (χ2v) is 6.25. The van der Waals surface area contributed by atoms with Crippen molar-refractivity contribution < 1.29 is 14.2 Å².